The second-order valence-corrected chi connectivity index (χ2v) is 2.11. The van der Waals surface area contributed by atoms with Crippen molar-refractivity contribution in [3.8, 4) is 0 Å². The fourth-order valence-corrected chi connectivity index (χ4v) is 0. The molecule has 0 bridgehead atoms. The third-order valence-corrected chi connectivity index (χ3v) is 0. The molecule has 0 aliphatic carbocycles. The Morgan fingerprint density at radius 3 is 1.50 bits per heavy atom. The zero-order valence-electron chi connectivity index (χ0n) is 3.63. The van der Waals surface area contributed by atoms with Gasteiger partial charge in [-0.25, -0.2) is 8.42 Å². The van der Waals surface area contributed by atoms with Crippen LogP contribution >= 0.6 is 0 Å². The van der Waals surface area contributed by atoms with Crippen molar-refractivity contribution in [2.24, 2.45) is 0 Å². The predicted molar refractivity (Wildman–Crippen MR) is 15.6 cm³/mol. The average Bonchev–Trinajstić information content (AvgIpc) is 0.722. The summed E-state index contributed by atoms with van der Waals surface area (Å²) in [6, 6.07) is 0. The molecule has 0 aliphatic heterocycles. The van der Waals surface area contributed by atoms with Crippen LogP contribution < -0.4 is 51.4 Å². The maximum atomic E-state index is 9.08. The molecule has 0 heterocycles. The minimum atomic E-state index is -3.92. The fraction of sp³-hybridized carbons (Fsp3) is 1.00. The standard InChI is InChI=1S/CH4O3S.K/c1-5(2,3)4;/h1H3,(H,2,3,4);/q;+1/p-1. The van der Waals surface area contributed by atoms with E-state index in [0.717, 1.165) is 0 Å². The van der Waals surface area contributed by atoms with E-state index in [9.17, 15) is 0 Å². The van der Waals surface area contributed by atoms with Crippen LogP contribution in [0.1, 0.15) is 0 Å². The van der Waals surface area contributed by atoms with Gasteiger partial charge < -0.3 is 4.55 Å². The van der Waals surface area contributed by atoms with E-state index < -0.39 is 10.1 Å². The molecule has 0 aromatic rings. The molecule has 0 rings (SSSR count). The van der Waals surface area contributed by atoms with Crippen molar-refractivity contribution in [2.45, 2.75) is 0 Å². The molecule has 0 unspecified atom stereocenters. The van der Waals surface area contributed by atoms with Gasteiger partial charge in [0.1, 0.15) is 0 Å². The molecule has 0 saturated heterocycles. The molecule has 0 saturated carbocycles. The Labute approximate surface area is 79.3 Å². The molecule has 0 aliphatic rings. The summed E-state index contributed by atoms with van der Waals surface area (Å²) < 4.78 is 27.2. The Morgan fingerprint density at radius 2 is 1.50 bits per heavy atom. The Bertz CT molecular complexity index is 94.0. The summed E-state index contributed by atoms with van der Waals surface area (Å²) in [4.78, 5) is 0. The molecule has 0 N–H and O–H groups in total. The van der Waals surface area contributed by atoms with E-state index in [1.54, 1.807) is 0 Å². The smallest absolute Gasteiger partial charge is 0.748 e. The molecule has 0 aromatic heterocycles. The van der Waals surface area contributed by atoms with Crippen LogP contribution in [-0.4, -0.2) is 19.2 Å². The summed E-state index contributed by atoms with van der Waals surface area (Å²) in [5.74, 6) is 0. The molecule has 5 heteroatoms. The van der Waals surface area contributed by atoms with Crippen molar-refractivity contribution >= 4 is 10.1 Å². The van der Waals surface area contributed by atoms with Gasteiger partial charge in [0, 0.05) is 6.26 Å². The van der Waals surface area contributed by atoms with E-state index in [1.807, 2.05) is 0 Å². The van der Waals surface area contributed by atoms with Gasteiger partial charge in [-0.15, -0.1) is 0 Å². The molecule has 0 atom stereocenters. The monoisotopic (exact) mass is 134 g/mol. The van der Waals surface area contributed by atoms with Crippen molar-refractivity contribution in [3.63, 3.8) is 0 Å². The van der Waals surface area contributed by atoms with Crippen LogP contribution in [0.15, 0.2) is 0 Å². The Hall–Kier alpha value is 1.55. The second kappa shape index (κ2) is 3.54. The van der Waals surface area contributed by atoms with Gasteiger partial charge in [-0.2, -0.15) is 0 Å². The van der Waals surface area contributed by atoms with Crippen LogP contribution in [0.5, 0.6) is 0 Å². The zero-order valence-corrected chi connectivity index (χ0v) is 7.57. The van der Waals surface area contributed by atoms with Crippen LogP contribution in [0.2, 0.25) is 0 Å². The van der Waals surface area contributed by atoms with Crippen LogP contribution in [0, 0.1) is 0 Å². The fourth-order valence-electron chi connectivity index (χ4n) is 0. The average molecular weight is 134 g/mol. The first-order valence-corrected chi connectivity index (χ1v) is 2.72. The van der Waals surface area contributed by atoms with Crippen molar-refractivity contribution < 1.29 is 64.4 Å². The van der Waals surface area contributed by atoms with Crippen molar-refractivity contribution in [2.75, 3.05) is 6.26 Å². The summed E-state index contributed by atoms with van der Waals surface area (Å²) in [6.45, 7) is 0. The summed E-state index contributed by atoms with van der Waals surface area (Å²) in [5, 5.41) is 0. The normalized spacial score (nSPS) is 9.67. The molecule has 0 amide bonds. The first-order chi connectivity index (χ1) is 2.00. The third kappa shape index (κ3) is 47.9. The zero-order chi connectivity index (χ0) is 4.50. The maximum Gasteiger partial charge on any atom is 1.00 e. The number of hydrogen-bond donors (Lipinski definition) is 0. The molecule has 0 fully saturated rings. The van der Waals surface area contributed by atoms with Gasteiger partial charge in [0.25, 0.3) is 0 Å². The van der Waals surface area contributed by atoms with Crippen LogP contribution in [0.3, 0.4) is 0 Å². The van der Waals surface area contributed by atoms with Gasteiger partial charge in [-0.3, -0.25) is 0 Å². The van der Waals surface area contributed by atoms with Crippen molar-refractivity contribution in [1.29, 1.82) is 0 Å². The summed E-state index contributed by atoms with van der Waals surface area (Å²) in [6.07, 6.45) is 0.604. The Morgan fingerprint density at radius 1 is 1.50 bits per heavy atom. The topological polar surface area (TPSA) is 57.2 Å². The van der Waals surface area contributed by atoms with Gasteiger partial charge in [-0.1, -0.05) is 0 Å². The quantitative estimate of drug-likeness (QED) is 0.252. The van der Waals surface area contributed by atoms with E-state index in [-0.39, 0.29) is 51.4 Å². The van der Waals surface area contributed by atoms with Crippen molar-refractivity contribution in [3.05, 3.63) is 0 Å². The first kappa shape index (κ1) is 10.5. The van der Waals surface area contributed by atoms with E-state index in [2.05, 4.69) is 0 Å². The van der Waals surface area contributed by atoms with Crippen molar-refractivity contribution in [1.82, 2.24) is 0 Å². The first-order valence-electron chi connectivity index (χ1n) is 0.908. The van der Waals surface area contributed by atoms with E-state index in [4.69, 9.17) is 13.0 Å². The largest absolute Gasteiger partial charge is 1.00 e. The van der Waals surface area contributed by atoms with E-state index in [0.29, 0.717) is 6.26 Å². The van der Waals surface area contributed by atoms with Gasteiger partial charge in [0.05, 0.1) is 10.1 Å². The van der Waals surface area contributed by atoms with Gasteiger partial charge >= 0.3 is 51.4 Å². The molecule has 0 aromatic carbocycles. The Balaban J connectivity index is 0. The van der Waals surface area contributed by atoms with Crippen LogP contribution in [-0.2, 0) is 10.1 Å². The molecule has 6 heavy (non-hydrogen) atoms. The second-order valence-electron chi connectivity index (χ2n) is 0.704. The van der Waals surface area contributed by atoms with Crippen LogP contribution in [0.25, 0.3) is 0 Å². The van der Waals surface area contributed by atoms with Gasteiger partial charge in [-0.05, 0) is 0 Å². The molecular formula is CH3KO3S. The molecule has 0 radical (unpaired) electrons. The number of hydrogen-bond acceptors (Lipinski definition) is 3. The minimum Gasteiger partial charge on any atom is -0.748 e. The third-order valence-electron chi connectivity index (χ3n) is 0. The van der Waals surface area contributed by atoms with Gasteiger partial charge in [0.15, 0.2) is 0 Å². The summed E-state index contributed by atoms with van der Waals surface area (Å²) in [5.41, 5.74) is 0. The molecule has 3 nitrogen and oxygen atoms in total. The molecular weight excluding hydrogens is 131 g/mol. The predicted octanol–water partition coefficient (Wildman–Crippen LogP) is -3.83. The minimum absolute atomic E-state index is 0. The van der Waals surface area contributed by atoms with E-state index >= 15 is 0 Å². The molecule has 0 spiro atoms. The summed E-state index contributed by atoms with van der Waals surface area (Å²) in [7, 11) is -3.92. The number of rotatable bonds is 0. The van der Waals surface area contributed by atoms with Gasteiger partial charge in [0.2, 0.25) is 0 Å². The van der Waals surface area contributed by atoms with E-state index in [1.165, 1.54) is 0 Å². The summed E-state index contributed by atoms with van der Waals surface area (Å²) >= 11 is 0. The molecule has 32 valence electrons. The van der Waals surface area contributed by atoms with Crippen LogP contribution in [0.4, 0.5) is 0 Å². The maximum absolute atomic E-state index is 9.08. The SMILES string of the molecule is CS(=O)(=O)[O-].[K+]. The Kier molecular flexibility index (Phi) is 6.20.